The molecule has 3 nitrogen and oxygen atoms in total. The fraction of sp³-hybridized carbons (Fsp3) is 0.286. The summed E-state index contributed by atoms with van der Waals surface area (Å²) in [6.45, 7) is 7.26. The Bertz CT molecular complexity index is 1140. The maximum atomic E-state index is 12.2. The van der Waals surface area contributed by atoms with Crippen LogP contribution in [-0.4, -0.2) is 18.3 Å². The van der Waals surface area contributed by atoms with E-state index in [-0.39, 0.29) is 0 Å². The van der Waals surface area contributed by atoms with Gasteiger partial charge in [-0.1, -0.05) is 60.4 Å². The standard InChI is InChI=1S/C28H28O3S/c1-4-6-18-30-20-23-13-15-25(16-14-23)28(29,27-17-12-22(3)32-27)26-11-9-8-10-24(26)21-31-19-7-5-2/h8-17,29H,18-21H2,1-3H3. The van der Waals surface area contributed by atoms with E-state index in [9.17, 15) is 5.11 Å². The first-order valence-electron chi connectivity index (χ1n) is 10.5. The summed E-state index contributed by atoms with van der Waals surface area (Å²) in [5.74, 6) is 11.5. The monoisotopic (exact) mass is 444 g/mol. The number of ether oxygens (including phenoxy) is 2. The van der Waals surface area contributed by atoms with Crippen molar-refractivity contribution in [1.82, 2.24) is 0 Å². The Labute approximate surface area is 195 Å². The van der Waals surface area contributed by atoms with Crippen LogP contribution in [0.25, 0.3) is 0 Å². The van der Waals surface area contributed by atoms with Crippen LogP contribution < -0.4 is 0 Å². The third-order valence-electron chi connectivity index (χ3n) is 5.10. The van der Waals surface area contributed by atoms with Gasteiger partial charge in [0.05, 0.1) is 13.2 Å². The number of rotatable bonds is 9. The van der Waals surface area contributed by atoms with Gasteiger partial charge in [-0.05, 0) is 55.2 Å². The number of thiophene rings is 1. The molecule has 0 fully saturated rings. The molecule has 4 heteroatoms. The van der Waals surface area contributed by atoms with Crippen molar-refractivity contribution >= 4 is 11.3 Å². The van der Waals surface area contributed by atoms with Gasteiger partial charge in [0.2, 0.25) is 0 Å². The van der Waals surface area contributed by atoms with Crippen LogP contribution in [-0.2, 0) is 28.3 Å². The average Bonchev–Trinajstić information content (AvgIpc) is 3.26. The molecule has 0 amide bonds. The zero-order valence-electron chi connectivity index (χ0n) is 18.8. The lowest BCUT2D eigenvalue weighted by molar-refractivity contribution is 0.118. The number of benzene rings is 2. The van der Waals surface area contributed by atoms with E-state index >= 15 is 0 Å². The van der Waals surface area contributed by atoms with Crippen molar-refractivity contribution in [3.8, 4) is 23.7 Å². The van der Waals surface area contributed by atoms with Gasteiger partial charge < -0.3 is 14.6 Å². The SMILES string of the molecule is CC#CCOCc1ccc(C(O)(c2ccc(C)s2)c2ccccc2COCC#CC)cc1. The molecular formula is C28H28O3S. The molecule has 1 atom stereocenters. The van der Waals surface area contributed by atoms with Gasteiger partial charge in [0.25, 0.3) is 0 Å². The lowest BCUT2D eigenvalue weighted by atomic mass is 9.82. The van der Waals surface area contributed by atoms with Gasteiger partial charge in [-0.2, -0.15) is 0 Å². The van der Waals surface area contributed by atoms with Crippen LogP contribution in [0.1, 0.15) is 45.9 Å². The fourth-order valence-corrected chi connectivity index (χ4v) is 4.47. The van der Waals surface area contributed by atoms with Crippen LogP contribution >= 0.6 is 11.3 Å². The summed E-state index contributed by atoms with van der Waals surface area (Å²) in [4.78, 5) is 2.02. The summed E-state index contributed by atoms with van der Waals surface area (Å²) in [5, 5.41) is 12.2. The molecule has 3 rings (SSSR count). The average molecular weight is 445 g/mol. The first-order chi connectivity index (χ1) is 15.6. The quantitative estimate of drug-likeness (QED) is 0.354. The molecule has 0 aliphatic heterocycles. The second kappa shape index (κ2) is 11.7. The van der Waals surface area contributed by atoms with E-state index in [1.54, 1.807) is 25.2 Å². The molecule has 2 aromatic carbocycles. The predicted molar refractivity (Wildman–Crippen MR) is 130 cm³/mol. The summed E-state index contributed by atoms with van der Waals surface area (Å²) >= 11 is 1.60. The molecule has 0 spiro atoms. The van der Waals surface area contributed by atoms with Crippen molar-refractivity contribution in [2.24, 2.45) is 0 Å². The summed E-state index contributed by atoms with van der Waals surface area (Å²) in [7, 11) is 0. The number of aliphatic hydroxyl groups is 1. The van der Waals surface area contributed by atoms with Crippen LogP contribution in [0.5, 0.6) is 0 Å². The molecule has 164 valence electrons. The molecular weight excluding hydrogens is 416 g/mol. The highest BCUT2D eigenvalue weighted by atomic mass is 32.1. The largest absolute Gasteiger partial charge is 0.375 e. The molecule has 3 aromatic rings. The van der Waals surface area contributed by atoms with Gasteiger partial charge in [0, 0.05) is 9.75 Å². The Kier molecular flexibility index (Phi) is 8.68. The molecule has 1 N–H and O–H groups in total. The maximum Gasteiger partial charge on any atom is 0.150 e. The highest BCUT2D eigenvalue weighted by Crippen LogP contribution is 2.41. The summed E-state index contributed by atoms with van der Waals surface area (Å²) in [5.41, 5.74) is 2.30. The highest BCUT2D eigenvalue weighted by Gasteiger charge is 2.37. The van der Waals surface area contributed by atoms with Crippen LogP contribution in [0.4, 0.5) is 0 Å². The van der Waals surface area contributed by atoms with Gasteiger partial charge >= 0.3 is 0 Å². The first-order valence-corrected chi connectivity index (χ1v) is 11.3. The predicted octanol–water partition coefficient (Wildman–Crippen LogP) is 5.42. The number of hydrogen-bond acceptors (Lipinski definition) is 4. The van der Waals surface area contributed by atoms with Crippen molar-refractivity contribution in [1.29, 1.82) is 0 Å². The van der Waals surface area contributed by atoms with Crippen molar-refractivity contribution < 1.29 is 14.6 Å². The zero-order chi connectivity index (χ0) is 22.8. The minimum absolute atomic E-state index is 0.360. The van der Waals surface area contributed by atoms with E-state index in [2.05, 4.69) is 23.7 Å². The van der Waals surface area contributed by atoms with E-state index in [4.69, 9.17) is 9.47 Å². The van der Waals surface area contributed by atoms with E-state index in [1.807, 2.05) is 67.6 Å². The van der Waals surface area contributed by atoms with Gasteiger partial charge in [-0.3, -0.25) is 0 Å². The van der Waals surface area contributed by atoms with Crippen LogP contribution in [0, 0.1) is 30.6 Å². The van der Waals surface area contributed by atoms with Gasteiger partial charge in [-0.15, -0.1) is 23.2 Å². The zero-order valence-corrected chi connectivity index (χ0v) is 19.6. The molecule has 0 radical (unpaired) electrons. The Balaban J connectivity index is 1.98. The molecule has 0 bridgehead atoms. The normalized spacial score (nSPS) is 12.2. The molecule has 1 aromatic heterocycles. The van der Waals surface area contributed by atoms with Crippen LogP contribution in [0.2, 0.25) is 0 Å². The highest BCUT2D eigenvalue weighted by molar-refractivity contribution is 7.12. The molecule has 0 aliphatic carbocycles. The minimum atomic E-state index is -1.29. The van der Waals surface area contributed by atoms with Crippen molar-refractivity contribution in [2.75, 3.05) is 13.2 Å². The smallest absolute Gasteiger partial charge is 0.150 e. The van der Waals surface area contributed by atoms with Crippen LogP contribution in [0.3, 0.4) is 0 Å². The van der Waals surface area contributed by atoms with E-state index in [0.29, 0.717) is 26.4 Å². The molecule has 0 saturated carbocycles. The Morgan fingerprint density at radius 2 is 1.50 bits per heavy atom. The number of hydrogen-bond donors (Lipinski definition) is 1. The Hall–Kier alpha value is -2.86. The maximum absolute atomic E-state index is 12.2. The lowest BCUT2D eigenvalue weighted by Crippen LogP contribution is -2.29. The third kappa shape index (κ3) is 5.68. The van der Waals surface area contributed by atoms with Gasteiger partial charge in [0.1, 0.15) is 18.8 Å². The van der Waals surface area contributed by atoms with Crippen molar-refractivity contribution in [2.45, 2.75) is 39.6 Å². The van der Waals surface area contributed by atoms with E-state index in [0.717, 1.165) is 32.0 Å². The topological polar surface area (TPSA) is 38.7 Å². The molecule has 0 saturated heterocycles. The summed E-state index contributed by atoms with van der Waals surface area (Å²) in [6.07, 6.45) is 0. The summed E-state index contributed by atoms with van der Waals surface area (Å²) < 4.78 is 11.3. The fourth-order valence-electron chi connectivity index (χ4n) is 3.48. The Morgan fingerprint density at radius 1 is 0.844 bits per heavy atom. The minimum Gasteiger partial charge on any atom is -0.375 e. The lowest BCUT2D eigenvalue weighted by Gasteiger charge is -2.30. The van der Waals surface area contributed by atoms with E-state index < -0.39 is 5.60 Å². The molecule has 1 heterocycles. The molecule has 1 unspecified atom stereocenters. The van der Waals surface area contributed by atoms with Crippen molar-refractivity contribution in [3.63, 3.8) is 0 Å². The second-order valence-electron chi connectivity index (χ2n) is 7.31. The molecule has 0 aliphatic rings. The first kappa shape index (κ1) is 23.8. The number of aryl methyl sites for hydroxylation is 1. The third-order valence-corrected chi connectivity index (χ3v) is 6.21. The second-order valence-corrected chi connectivity index (χ2v) is 8.60. The van der Waals surface area contributed by atoms with Gasteiger partial charge in [-0.25, -0.2) is 0 Å². The van der Waals surface area contributed by atoms with Crippen LogP contribution in [0.15, 0.2) is 60.7 Å². The summed E-state index contributed by atoms with van der Waals surface area (Å²) in [6, 6.07) is 19.9. The Morgan fingerprint density at radius 3 is 2.12 bits per heavy atom. The van der Waals surface area contributed by atoms with E-state index in [1.165, 1.54) is 0 Å². The van der Waals surface area contributed by atoms with Gasteiger partial charge in [0.15, 0.2) is 0 Å². The molecule has 32 heavy (non-hydrogen) atoms. The van der Waals surface area contributed by atoms with Crippen molar-refractivity contribution in [3.05, 3.63) is 92.7 Å².